The van der Waals surface area contributed by atoms with E-state index in [9.17, 15) is 8.42 Å². The van der Waals surface area contributed by atoms with E-state index in [0.29, 0.717) is 6.42 Å². The highest BCUT2D eigenvalue weighted by atomic mass is 32.2. The lowest BCUT2D eigenvalue weighted by atomic mass is 10.1. The molecule has 1 saturated heterocycles. The maximum Gasteiger partial charge on any atom is 0.230 e. The third-order valence-corrected chi connectivity index (χ3v) is 4.16. The van der Waals surface area contributed by atoms with Crippen LogP contribution >= 0.6 is 0 Å². The standard InChI is InChI=1S/C11H16N2O2S/c12-16(14,15)11-8-4-5-9-13(11)10-6-2-1-3-7-10/h1-3,6-7,11H,4-5,8-9H2,(H2,12,14,15). The molecule has 1 aliphatic rings. The molecule has 88 valence electrons. The summed E-state index contributed by atoms with van der Waals surface area (Å²) in [5, 5.41) is 4.70. The number of rotatable bonds is 2. The zero-order valence-corrected chi connectivity index (χ0v) is 9.86. The van der Waals surface area contributed by atoms with Gasteiger partial charge in [-0.2, -0.15) is 0 Å². The number of anilines is 1. The Hall–Kier alpha value is -1.07. The molecule has 4 nitrogen and oxygen atoms in total. The van der Waals surface area contributed by atoms with Crippen LogP contribution in [0.15, 0.2) is 30.3 Å². The van der Waals surface area contributed by atoms with Crippen molar-refractivity contribution >= 4 is 15.7 Å². The van der Waals surface area contributed by atoms with Crippen LogP contribution in [0.25, 0.3) is 0 Å². The molecule has 2 N–H and O–H groups in total. The lowest BCUT2D eigenvalue weighted by Crippen LogP contribution is -2.47. The maximum atomic E-state index is 11.5. The summed E-state index contributed by atoms with van der Waals surface area (Å²) in [5.74, 6) is 0. The molecule has 0 aromatic heterocycles. The van der Waals surface area contributed by atoms with Crippen LogP contribution in [0.2, 0.25) is 0 Å². The molecule has 0 aliphatic carbocycles. The molecule has 0 radical (unpaired) electrons. The van der Waals surface area contributed by atoms with E-state index in [-0.39, 0.29) is 0 Å². The van der Waals surface area contributed by atoms with Crippen LogP contribution in [0.1, 0.15) is 19.3 Å². The van der Waals surface area contributed by atoms with E-state index < -0.39 is 15.4 Å². The first kappa shape index (κ1) is 11.4. The van der Waals surface area contributed by atoms with Crippen LogP contribution < -0.4 is 10.0 Å². The highest BCUT2D eigenvalue weighted by Crippen LogP contribution is 2.26. The lowest BCUT2D eigenvalue weighted by Gasteiger charge is -2.35. The molecule has 5 heteroatoms. The summed E-state index contributed by atoms with van der Waals surface area (Å²) >= 11 is 0. The van der Waals surface area contributed by atoms with Crippen LogP contribution in [0, 0.1) is 0 Å². The van der Waals surface area contributed by atoms with Crippen molar-refractivity contribution in [3.05, 3.63) is 30.3 Å². The summed E-state index contributed by atoms with van der Waals surface area (Å²) in [4.78, 5) is 1.89. The summed E-state index contributed by atoms with van der Waals surface area (Å²) in [6.45, 7) is 0.755. The van der Waals surface area contributed by atoms with E-state index in [1.807, 2.05) is 35.2 Å². The summed E-state index contributed by atoms with van der Waals surface area (Å²) < 4.78 is 23.0. The van der Waals surface area contributed by atoms with Gasteiger partial charge in [-0.1, -0.05) is 18.2 Å². The molecular weight excluding hydrogens is 224 g/mol. The van der Waals surface area contributed by atoms with Crippen molar-refractivity contribution in [2.24, 2.45) is 5.14 Å². The Morgan fingerprint density at radius 1 is 1.19 bits per heavy atom. The Kier molecular flexibility index (Phi) is 3.16. The molecular formula is C11H16N2O2S. The van der Waals surface area contributed by atoms with Crippen molar-refractivity contribution in [1.29, 1.82) is 0 Å². The van der Waals surface area contributed by atoms with Gasteiger partial charge in [-0.05, 0) is 31.4 Å². The van der Waals surface area contributed by atoms with Gasteiger partial charge in [0, 0.05) is 12.2 Å². The zero-order valence-electron chi connectivity index (χ0n) is 9.04. The van der Waals surface area contributed by atoms with Gasteiger partial charge in [-0.15, -0.1) is 0 Å². The molecule has 1 fully saturated rings. The summed E-state index contributed by atoms with van der Waals surface area (Å²) in [6.07, 6.45) is 2.55. The first-order valence-corrected chi connectivity index (χ1v) is 7.03. The minimum Gasteiger partial charge on any atom is -0.354 e. The highest BCUT2D eigenvalue weighted by Gasteiger charge is 2.30. The number of hydrogen-bond donors (Lipinski definition) is 1. The van der Waals surface area contributed by atoms with Gasteiger partial charge in [0.05, 0.1) is 0 Å². The smallest absolute Gasteiger partial charge is 0.230 e. The van der Waals surface area contributed by atoms with E-state index in [4.69, 9.17) is 5.14 Å². The molecule has 1 unspecified atom stereocenters. The molecule has 0 amide bonds. The first-order valence-electron chi connectivity index (χ1n) is 5.42. The normalized spacial score (nSPS) is 22.1. The Labute approximate surface area is 96.1 Å². The second-order valence-corrected chi connectivity index (χ2v) is 5.79. The monoisotopic (exact) mass is 240 g/mol. The third-order valence-electron chi connectivity index (χ3n) is 2.91. The Balaban J connectivity index is 2.31. The van der Waals surface area contributed by atoms with Crippen molar-refractivity contribution in [3.8, 4) is 0 Å². The van der Waals surface area contributed by atoms with Gasteiger partial charge in [0.1, 0.15) is 5.37 Å². The Bertz CT molecular complexity index is 444. The average molecular weight is 240 g/mol. The quantitative estimate of drug-likeness (QED) is 0.847. The number of hydrogen-bond acceptors (Lipinski definition) is 3. The summed E-state index contributed by atoms with van der Waals surface area (Å²) in [6, 6.07) is 9.57. The molecule has 1 heterocycles. The van der Waals surface area contributed by atoms with Gasteiger partial charge in [0.2, 0.25) is 10.0 Å². The number of nitrogens with zero attached hydrogens (tertiary/aromatic N) is 1. The van der Waals surface area contributed by atoms with E-state index in [0.717, 1.165) is 25.1 Å². The van der Waals surface area contributed by atoms with E-state index in [1.165, 1.54) is 0 Å². The fourth-order valence-corrected chi connectivity index (χ4v) is 3.23. The van der Waals surface area contributed by atoms with Gasteiger partial charge in [-0.25, -0.2) is 13.6 Å². The van der Waals surface area contributed by atoms with Crippen molar-refractivity contribution in [2.45, 2.75) is 24.6 Å². The Morgan fingerprint density at radius 2 is 1.88 bits per heavy atom. The second kappa shape index (κ2) is 4.43. The second-order valence-electron chi connectivity index (χ2n) is 4.07. The molecule has 1 aromatic carbocycles. The number of nitrogens with two attached hydrogens (primary N) is 1. The maximum absolute atomic E-state index is 11.5. The number of piperidine rings is 1. The van der Waals surface area contributed by atoms with Crippen LogP contribution in [-0.4, -0.2) is 20.3 Å². The number of benzene rings is 1. The van der Waals surface area contributed by atoms with Gasteiger partial charge in [-0.3, -0.25) is 0 Å². The molecule has 0 saturated carbocycles. The fourth-order valence-electron chi connectivity index (χ4n) is 2.16. The van der Waals surface area contributed by atoms with Gasteiger partial charge in [0.25, 0.3) is 0 Å². The van der Waals surface area contributed by atoms with Gasteiger partial charge >= 0.3 is 0 Å². The van der Waals surface area contributed by atoms with Crippen LogP contribution in [0.5, 0.6) is 0 Å². The van der Waals surface area contributed by atoms with Crippen LogP contribution in [-0.2, 0) is 10.0 Å². The molecule has 1 aliphatic heterocycles. The van der Waals surface area contributed by atoms with Crippen molar-refractivity contribution in [3.63, 3.8) is 0 Å². The number of para-hydroxylation sites is 1. The molecule has 1 atom stereocenters. The highest BCUT2D eigenvalue weighted by molar-refractivity contribution is 7.89. The predicted molar refractivity (Wildman–Crippen MR) is 64.5 cm³/mol. The van der Waals surface area contributed by atoms with E-state index in [2.05, 4.69) is 0 Å². The van der Waals surface area contributed by atoms with Gasteiger partial charge in [0.15, 0.2) is 0 Å². The van der Waals surface area contributed by atoms with E-state index >= 15 is 0 Å². The van der Waals surface area contributed by atoms with E-state index in [1.54, 1.807) is 0 Å². The minimum atomic E-state index is -3.50. The first-order chi connectivity index (χ1) is 7.59. The molecule has 16 heavy (non-hydrogen) atoms. The number of primary sulfonamides is 1. The largest absolute Gasteiger partial charge is 0.354 e. The van der Waals surface area contributed by atoms with Crippen LogP contribution in [0.3, 0.4) is 0 Å². The van der Waals surface area contributed by atoms with Crippen molar-refractivity contribution < 1.29 is 8.42 Å². The fraction of sp³-hybridized carbons (Fsp3) is 0.455. The third kappa shape index (κ3) is 2.36. The summed E-state index contributed by atoms with van der Waals surface area (Å²) in [5.41, 5.74) is 0.932. The SMILES string of the molecule is NS(=O)(=O)C1CCCCN1c1ccccc1. The van der Waals surface area contributed by atoms with Crippen molar-refractivity contribution in [1.82, 2.24) is 0 Å². The van der Waals surface area contributed by atoms with Crippen molar-refractivity contribution in [2.75, 3.05) is 11.4 Å². The Morgan fingerprint density at radius 3 is 2.50 bits per heavy atom. The minimum absolute atomic E-state index is 0.566. The summed E-state index contributed by atoms with van der Waals surface area (Å²) in [7, 11) is -3.50. The average Bonchev–Trinajstić information content (AvgIpc) is 2.29. The topological polar surface area (TPSA) is 63.4 Å². The van der Waals surface area contributed by atoms with Gasteiger partial charge < -0.3 is 4.90 Å². The molecule has 0 bridgehead atoms. The van der Waals surface area contributed by atoms with Crippen LogP contribution in [0.4, 0.5) is 5.69 Å². The number of sulfonamides is 1. The lowest BCUT2D eigenvalue weighted by molar-refractivity contribution is 0.508. The predicted octanol–water partition coefficient (Wildman–Crippen LogP) is 1.29. The molecule has 1 aromatic rings. The zero-order chi connectivity index (χ0) is 11.6. The molecule has 0 spiro atoms. The molecule has 2 rings (SSSR count).